The highest BCUT2D eigenvalue weighted by molar-refractivity contribution is 5.47. The van der Waals surface area contributed by atoms with E-state index in [-0.39, 0.29) is 17.1 Å². The monoisotopic (exact) mass is 273 g/mol. The summed E-state index contributed by atoms with van der Waals surface area (Å²) in [6.45, 7) is 2.76. The molecule has 1 fully saturated rings. The molecule has 1 aliphatic rings. The van der Waals surface area contributed by atoms with Crippen LogP contribution in [0.4, 0.5) is 24.8 Å². The van der Waals surface area contributed by atoms with Crippen LogP contribution in [0.15, 0.2) is 12.1 Å². The minimum Gasteiger partial charge on any atom is -0.384 e. The molecule has 1 aromatic rings. The molecule has 6 heteroatoms. The number of anilines is 2. The fourth-order valence-electron chi connectivity index (χ4n) is 2.42. The first kappa shape index (κ1) is 14.0. The van der Waals surface area contributed by atoms with E-state index in [0.717, 1.165) is 31.4 Å². The molecule has 0 bridgehead atoms. The lowest BCUT2D eigenvalue weighted by molar-refractivity contribution is -0.137. The Balaban J connectivity index is 2.10. The van der Waals surface area contributed by atoms with Gasteiger partial charge >= 0.3 is 6.18 Å². The van der Waals surface area contributed by atoms with Crippen molar-refractivity contribution in [3.05, 3.63) is 17.7 Å². The fourth-order valence-corrected chi connectivity index (χ4v) is 2.42. The van der Waals surface area contributed by atoms with Gasteiger partial charge in [-0.1, -0.05) is 13.3 Å². The van der Waals surface area contributed by atoms with Crippen molar-refractivity contribution in [2.75, 3.05) is 17.6 Å². The molecule has 0 radical (unpaired) electrons. The van der Waals surface area contributed by atoms with Crippen molar-refractivity contribution < 1.29 is 13.2 Å². The van der Waals surface area contributed by atoms with Crippen LogP contribution in [-0.4, -0.2) is 11.5 Å². The van der Waals surface area contributed by atoms with Crippen LogP contribution in [0, 0.1) is 5.41 Å². The van der Waals surface area contributed by atoms with E-state index >= 15 is 0 Å². The number of hydrogen-bond acceptors (Lipinski definition) is 3. The second kappa shape index (κ2) is 4.90. The van der Waals surface area contributed by atoms with Crippen molar-refractivity contribution in [2.45, 2.75) is 38.8 Å². The molecule has 1 aliphatic carbocycles. The molecule has 0 saturated heterocycles. The Kier molecular flexibility index (Phi) is 3.60. The average Bonchev–Trinajstić information content (AvgIpc) is 2.26. The third-order valence-electron chi connectivity index (χ3n) is 3.98. The van der Waals surface area contributed by atoms with Crippen molar-refractivity contribution in [1.29, 1.82) is 0 Å². The zero-order valence-corrected chi connectivity index (χ0v) is 10.8. The van der Waals surface area contributed by atoms with Gasteiger partial charge in [-0.25, -0.2) is 4.98 Å². The van der Waals surface area contributed by atoms with Crippen LogP contribution >= 0.6 is 0 Å². The standard InChI is InChI=1S/C13H18F3N3/c1-2-12(4-3-5-12)8-18-11-7-9(13(14,15)16)6-10(17)19-11/h6-7H,2-5,8H2,1H3,(H3,17,18,19). The Morgan fingerprint density at radius 3 is 2.53 bits per heavy atom. The highest BCUT2D eigenvalue weighted by Crippen LogP contribution is 2.43. The zero-order chi connectivity index (χ0) is 14.1. The van der Waals surface area contributed by atoms with Crippen molar-refractivity contribution >= 4 is 11.6 Å². The predicted octanol–water partition coefficient (Wildman–Crippen LogP) is 3.67. The molecule has 0 aromatic carbocycles. The first-order valence-corrected chi connectivity index (χ1v) is 6.43. The zero-order valence-electron chi connectivity index (χ0n) is 10.8. The fraction of sp³-hybridized carbons (Fsp3) is 0.615. The summed E-state index contributed by atoms with van der Waals surface area (Å²) in [5.41, 5.74) is 4.87. The number of pyridine rings is 1. The Morgan fingerprint density at radius 1 is 1.37 bits per heavy atom. The number of alkyl halides is 3. The van der Waals surface area contributed by atoms with E-state index in [1.807, 2.05) is 0 Å². The Bertz CT molecular complexity index is 447. The lowest BCUT2D eigenvalue weighted by atomic mass is 9.67. The summed E-state index contributed by atoms with van der Waals surface area (Å²) in [6, 6.07) is 1.86. The van der Waals surface area contributed by atoms with Crippen LogP contribution in [0.3, 0.4) is 0 Å². The van der Waals surface area contributed by atoms with Crippen LogP contribution in [-0.2, 0) is 6.18 Å². The number of aromatic nitrogens is 1. The molecule has 0 aliphatic heterocycles. The molecule has 19 heavy (non-hydrogen) atoms. The van der Waals surface area contributed by atoms with Gasteiger partial charge in [0.1, 0.15) is 11.6 Å². The summed E-state index contributed by atoms with van der Waals surface area (Å²) in [5.74, 6) is 0.0866. The van der Waals surface area contributed by atoms with Crippen molar-refractivity contribution in [1.82, 2.24) is 4.98 Å². The van der Waals surface area contributed by atoms with Crippen LogP contribution in [0.1, 0.15) is 38.2 Å². The van der Waals surface area contributed by atoms with Gasteiger partial charge in [0.2, 0.25) is 0 Å². The number of halogens is 3. The molecular formula is C13H18F3N3. The third kappa shape index (κ3) is 3.11. The quantitative estimate of drug-likeness (QED) is 0.880. The molecule has 0 atom stereocenters. The van der Waals surface area contributed by atoms with Crippen LogP contribution < -0.4 is 11.1 Å². The smallest absolute Gasteiger partial charge is 0.384 e. The maximum Gasteiger partial charge on any atom is 0.416 e. The van der Waals surface area contributed by atoms with Crippen LogP contribution in [0.2, 0.25) is 0 Å². The molecule has 2 rings (SSSR count). The summed E-state index contributed by atoms with van der Waals surface area (Å²) in [4.78, 5) is 3.91. The topological polar surface area (TPSA) is 50.9 Å². The number of hydrogen-bond donors (Lipinski definition) is 2. The number of nitrogens with one attached hydrogen (secondary N) is 1. The largest absolute Gasteiger partial charge is 0.416 e. The second-order valence-corrected chi connectivity index (χ2v) is 5.22. The van der Waals surface area contributed by atoms with Crippen molar-refractivity contribution in [3.8, 4) is 0 Å². The molecule has 106 valence electrons. The van der Waals surface area contributed by atoms with E-state index in [1.165, 1.54) is 6.42 Å². The molecule has 3 nitrogen and oxygen atoms in total. The summed E-state index contributed by atoms with van der Waals surface area (Å²) >= 11 is 0. The maximum atomic E-state index is 12.7. The lowest BCUT2D eigenvalue weighted by Gasteiger charge is -2.41. The molecule has 0 unspecified atom stereocenters. The highest BCUT2D eigenvalue weighted by Gasteiger charge is 2.35. The summed E-state index contributed by atoms with van der Waals surface area (Å²) in [6.07, 6.45) is 0.0460. The van der Waals surface area contributed by atoms with Gasteiger partial charge in [-0.3, -0.25) is 0 Å². The van der Waals surface area contributed by atoms with Crippen molar-refractivity contribution in [2.24, 2.45) is 5.41 Å². The van der Waals surface area contributed by atoms with Gasteiger partial charge in [0.05, 0.1) is 5.56 Å². The maximum absolute atomic E-state index is 12.7. The molecule has 1 heterocycles. The molecule has 0 amide bonds. The summed E-state index contributed by atoms with van der Waals surface area (Å²) in [5, 5.41) is 3.00. The van der Waals surface area contributed by atoms with E-state index in [1.54, 1.807) is 0 Å². The second-order valence-electron chi connectivity index (χ2n) is 5.22. The van der Waals surface area contributed by atoms with Gasteiger partial charge in [-0.15, -0.1) is 0 Å². The molecular weight excluding hydrogens is 255 g/mol. The van der Waals surface area contributed by atoms with E-state index < -0.39 is 11.7 Å². The Labute approximate surface area is 110 Å². The third-order valence-corrected chi connectivity index (χ3v) is 3.98. The summed E-state index contributed by atoms with van der Waals surface area (Å²) < 4.78 is 38.0. The number of rotatable bonds is 4. The van der Waals surface area contributed by atoms with Gasteiger partial charge in [-0.2, -0.15) is 13.2 Å². The highest BCUT2D eigenvalue weighted by atomic mass is 19.4. The molecule has 1 saturated carbocycles. The van der Waals surface area contributed by atoms with E-state index in [2.05, 4.69) is 17.2 Å². The predicted molar refractivity (Wildman–Crippen MR) is 68.7 cm³/mol. The number of nitrogens with zero attached hydrogens (tertiary/aromatic N) is 1. The molecule has 0 spiro atoms. The average molecular weight is 273 g/mol. The van der Waals surface area contributed by atoms with E-state index in [0.29, 0.717) is 6.54 Å². The van der Waals surface area contributed by atoms with Gasteiger partial charge in [0.25, 0.3) is 0 Å². The van der Waals surface area contributed by atoms with Gasteiger partial charge in [0.15, 0.2) is 0 Å². The Hall–Kier alpha value is -1.46. The Morgan fingerprint density at radius 2 is 2.05 bits per heavy atom. The number of nitrogen functional groups attached to an aromatic ring is 1. The van der Waals surface area contributed by atoms with E-state index in [9.17, 15) is 13.2 Å². The molecule has 3 N–H and O–H groups in total. The minimum absolute atomic E-state index is 0.114. The first-order chi connectivity index (χ1) is 8.85. The van der Waals surface area contributed by atoms with Gasteiger partial charge in [-0.05, 0) is 36.8 Å². The van der Waals surface area contributed by atoms with Gasteiger partial charge < -0.3 is 11.1 Å². The molecule has 1 aromatic heterocycles. The summed E-state index contributed by atoms with van der Waals surface area (Å²) in [7, 11) is 0. The lowest BCUT2D eigenvalue weighted by Crippen LogP contribution is -2.36. The normalized spacial score (nSPS) is 17.9. The SMILES string of the molecule is CCC1(CNc2cc(C(F)(F)F)cc(N)n2)CCC1. The van der Waals surface area contributed by atoms with Crippen LogP contribution in [0.25, 0.3) is 0 Å². The first-order valence-electron chi connectivity index (χ1n) is 6.43. The minimum atomic E-state index is -4.40. The van der Waals surface area contributed by atoms with Gasteiger partial charge in [0, 0.05) is 6.54 Å². The van der Waals surface area contributed by atoms with Crippen molar-refractivity contribution in [3.63, 3.8) is 0 Å². The van der Waals surface area contributed by atoms with Crippen LogP contribution in [0.5, 0.6) is 0 Å². The number of nitrogens with two attached hydrogens (primary N) is 1. The van der Waals surface area contributed by atoms with E-state index in [4.69, 9.17) is 5.73 Å².